The Hall–Kier alpha value is -2.49. The Morgan fingerprint density at radius 3 is 2.37 bits per heavy atom. The van der Waals surface area contributed by atoms with Crippen molar-refractivity contribution in [3.8, 4) is 11.5 Å². The normalized spacial score (nSPS) is 10.6. The van der Waals surface area contributed by atoms with Gasteiger partial charge >= 0.3 is 0 Å². The molecule has 2 aromatic carbocycles. The monoisotopic (exact) mass is 369 g/mol. The molecule has 0 heterocycles. The second-order valence-electron chi connectivity index (χ2n) is 6.68. The van der Waals surface area contributed by atoms with Gasteiger partial charge in [-0.15, -0.1) is 0 Å². The van der Waals surface area contributed by atoms with Gasteiger partial charge in [0, 0.05) is 13.5 Å². The number of amides is 1. The molecule has 146 valence electrons. The minimum absolute atomic E-state index is 0.0595. The number of carbonyl (C=O) groups is 1. The van der Waals surface area contributed by atoms with Crippen molar-refractivity contribution in [1.82, 2.24) is 0 Å². The molecule has 2 rings (SSSR count). The second kappa shape index (κ2) is 9.45. The van der Waals surface area contributed by atoms with Gasteiger partial charge in [0.25, 0.3) is 0 Å². The van der Waals surface area contributed by atoms with Gasteiger partial charge < -0.3 is 14.4 Å². The molecule has 0 aliphatic rings. The van der Waals surface area contributed by atoms with Gasteiger partial charge in [0.15, 0.2) is 0 Å². The van der Waals surface area contributed by atoms with Crippen LogP contribution < -0.4 is 14.4 Å². The van der Waals surface area contributed by atoms with E-state index in [1.807, 2.05) is 32.0 Å². The number of ether oxygens (including phenoxy) is 2. The molecule has 0 aromatic heterocycles. The van der Waals surface area contributed by atoms with E-state index < -0.39 is 0 Å². The lowest BCUT2D eigenvalue weighted by atomic mass is 10.0. The molecule has 4 nitrogen and oxygen atoms in total. The first-order valence-electron chi connectivity index (χ1n) is 9.66. The largest absolute Gasteiger partial charge is 0.493 e. The van der Waals surface area contributed by atoms with Gasteiger partial charge in [-0.25, -0.2) is 0 Å². The first kappa shape index (κ1) is 20.8. The summed E-state index contributed by atoms with van der Waals surface area (Å²) in [4.78, 5) is 13.9. The lowest BCUT2D eigenvalue weighted by Crippen LogP contribution is -2.26. The van der Waals surface area contributed by atoms with Gasteiger partial charge in [-0.05, 0) is 62.1 Å². The van der Waals surface area contributed by atoms with Crippen LogP contribution in [0, 0.1) is 13.8 Å². The third-order valence-corrected chi connectivity index (χ3v) is 4.83. The van der Waals surface area contributed by atoms with E-state index >= 15 is 0 Å². The maximum absolute atomic E-state index is 12.2. The third-order valence-electron chi connectivity index (χ3n) is 4.83. The summed E-state index contributed by atoms with van der Waals surface area (Å²) in [6.45, 7) is 11.1. The minimum Gasteiger partial charge on any atom is -0.493 e. The number of aryl methyl sites for hydroxylation is 3. The molecule has 0 atom stereocenters. The molecular formula is C23H31NO3. The van der Waals surface area contributed by atoms with Gasteiger partial charge in [0.1, 0.15) is 18.1 Å². The van der Waals surface area contributed by atoms with Crippen LogP contribution >= 0.6 is 0 Å². The van der Waals surface area contributed by atoms with E-state index in [0.29, 0.717) is 19.6 Å². The Bertz CT molecular complexity index is 798. The highest BCUT2D eigenvalue weighted by atomic mass is 16.5. The first-order chi connectivity index (χ1) is 12.9. The van der Waals surface area contributed by atoms with Crippen LogP contribution in [0.25, 0.3) is 0 Å². The van der Waals surface area contributed by atoms with Crippen LogP contribution in [-0.2, 0) is 17.8 Å². The highest BCUT2D eigenvalue weighted by Gasteiger charge is 2.18. The molecule has 0 radical (unpaired) electrons. The van der Waals surface area contributed by atoms with Crippen molar-refractivity contribution >= 4 is 11.6 Å². The highest BCUT2D eigenvalue weighted by molar-refractivity contribution is 5.93. The van der Waals surface area contributed by atoms with E-state index in [9.17, 15) is 4.79 Å². The minimum atomic E-state index is 0.0595. The standard InChI is InChI=1S/C23H31NO3/c1-7-18-13-17(5)22(14-16(18)4)27-15-19-20(24(6)23(25)8-2)11-10-12-21(19)26-9-3/h10-14H,7-9,15H2,1-6H3. The predicted molar refractivity (Wildman–Crippen MR) is 111 cm³/mol. The van der Waals surface area contributed by atoms with Crippen molar-refractivity contribution in [1.29, 1.82) is 0 Å². The molecule has 4 heteroatoms. The number of anilines is 1. The molecule has 0 fully saturated rings. The molecule has 1 amide bonds. The summed E-state index contributed by atoms with van der Waals surface area (Å²) in [5, 5.41) is 0. The molecule has 0 saturated heterocycles. The Kier molecular flexibility index (Phi) is 7.28. The lowest BCUT2D eigenvalue weighted by Gasteiger charge is -2.23. The molecule has 0 N–H and O–H groups in total. The average Bonchev–Trinajstić information content (AvgIpc) is 2.67. The van der Waals surface area contributed by atoms with Gasteiger partial charge in [-0.3, -0.25) is 4.79 Å². The van der Waals surface area contributed by atoms with Crippen LogP contribution in [0.2, 0.25) is 0 Å². The zero-order valence-electron chi connectivity index (χ0n) is 17.4. The van der Waals surface area contributed by atoms with E-state index in [2.05, 4.69) is 32.9 Å². The summed E-state index contributed by atoms with van der Waals surface area (Å²) >= 11 is 0. The summed E-state index contributed by atoms with van der Waals surface area (Å²) in [5.74, 6) is 1.68. The van der Waals surface area contributed by atoms with Crippen LogP contribution in [0.5, 0.6) is 11.5 Å². The van der Waals surface area contributed by atoms with Crippen LogP contribution in [0.15, 0.2) is 30.3 Å². The maximum atomic E-state index is 12.2. The van der Waals surface area contributed by atoms with Gasteiger partial charge in [-0.1, -0.05) is 26.0 Å². The Balaban J connectivity index is 2.36. The van der Waals surface area contributed by atoms with Crippen LogP contribution in [0.3, 0.4) is 0 Å². The third kappa shape index (κ3) is 4.82. The number of nitrogens with zero attached hydrogens (tertiary/aromatic N) is 1. The second-order valence-corrected chi connectivity index (χ2v) is 6.68. The summed E-state index contributed by atoms with van der Waals surface area (Å²) in [6.07, 6.45) is 1.46. The van der Waals surface area contributed by atoms with Crippen molar-refractivity contribution in [3.05, 3.63) is 52.6 Å². The molecule has 0 bridgehead atoms. The molecule has 0 spiro atoms. The average molecular weight is 370 g/mol. The molecule has 27 heavy (non-hydrogen) atoms. The lowest BCUT2D eigenvalue weighted by molar-refractivity contribution is -0.118. The molecular weight excluding hydrogens is 338 g/mol. The van der Waals surface area contributed by atoms with Gasteiger partial charge in [0.2, 0.25) is 5.91 Å². The number of hydrogen-bond acceptors (Lipinski definition) is 3. The smallest absolute Gasteiger partial charge is 0.226 e. The van der Waals surface area contributed by atoms with Crippen molar-refractivity contribution in [3.63, 3.8) is 0 Å². The zero-order chi connectivity index (χ0) is 20.0. The summed E-state index contributed by atoms with van der Waals surface area (Å²) in [7, 11) is 1.80. The maximum Gasteiger partial charge on any atom is 0.226 e. The number of benzene rings is 2. The predicted octanol–water partition coefficient (Wildman–Crippen LogP) is 5.22. The fourth-order valence-corrected chi connectivity index (χ4v) is 3.21. The molecule has 2 aromatic rings. The number of carbonyl (C=O) groups excluding carboxylic acids is 1. The highest BCUT2D eigenvalue weighted by Crippen LogP contribution is 2.32. The fraction of sp³-hybridized carbons (Fsp3) is 0.435. The van der Waals surface area contributed by atoms with E-state index in [-0.39, 0.29) is 5.91 Å². The van der Waals surface area contributed by atoms with Crippen molar-refractivity contribution in [2.45, 2.75) is 54.1 Å². The Labute approximate surface area is 163 Å². The fourth-order valence-electron chi connectivity index (χ4n) is 3.21. The van der Waals surface area contributed by atoms with Gasteiger partial charge in [-0.2, -0.15) is 0 Å². The number of hydrogen-bond donors (Lipinski definition) is 0. The number of rotatable bonds is 8. The Morgan fingerprint density at radius 1 is 1.00 bits per heavy atom. The van der Waals surface area contributed by atoms with E-state index in [0.717, 1.165) is 34.7 Å². The summed E-state index contributed by atoms with van der Waals surface area (Å²) in [5.41, 5.74) is 5.40. The van der Waals surface area contributed by atoms with Gasteiger partial charge in [0.05, 0.1) is 17.9 Å². The van der Waals surface area contributed by atoms with Crippen molar-refractivity contribution < 1.29 is 14.3 Å². The molecule has 0 aliphatic heterocycles. The van der Waals surface area contributed by atoms with Crippen LogP contribution in [0.1, 0.15) is 49.4 Å². The van der Waals surface area contributed by atoms with E-state index in [4.69, 9.17) is 9.47 Å². The van der Waals surface area contributed by atoms with Crippen molar-refractivity contribution in [2.75, 3.05) is 18.6 Å². The van der Waals surface area contributed by atoms with Crippen LogP contribution in [0.4, 0.5) is 5.69 Å². The first-order valence-corrected chi connectivity index (χ1v) is 9.66. The quantitative estimate of drug-likeness (QED) is 0.641. The molecule has 0 unspecified atom stereocenters. The zero-order valence-corrected chi connectivity index (χ0v) is 17.4. The summed E-state index contributed by atoms with van der Waals surface area (Å²) < 4.78 is 12.0. The van der Waals surface area contributed by atoms with E-state index in [1.165, 1.54) is 11.1 Å². The topological polar surface area (TPSA) is 38.8 Å². The van der Waals surface area contributed by atoms with E-state index in [1.54, 1.807) is 11.9 Å². The molecule has 0 saturated carbocycles. The SMILES string of the molecule is CCOc1cccc(N(C)C(=O)CC)c1COc1cc(C)c(CC)cc1C. The van der Waals surface area contributed by atoms with Crippen LogP contribution in [-0.4, -0.2) is 19.6 Å². The van der Waals surface area contributed by atoms with Crippen molar-refractivity contribution in [2.24, 2.45) is 0 Å². The molecule has 0 aliphatic carbocycles. The summed E-state index contributed by atoms with van der Waals surface area (Å²) in [6, 6.07) is 10.1. The Morgan fingerprint density at radius 2 is 1.74 bits per heavy atom.